The van der Waals surface area contributed by atoms with Crippen molar-refractivity contribution in [3.63, 3.8) is 0 Å². The van der Waals surface area contributed by atoms with Crippen LogP contribution in [0, 0.1) is 6.92 Å². The molecule has 0 radical (unpaired) electrons. The second kappa shape index (κ2) is 8.18. The van der Waals surface area contributed by atoms with Crippen molar-refractivity contribution in [2.45, 2.75) is 52.0 Å². The van der Waals surface area contributed by atoms with Gasteiger partial charge in [-0.15, -0.1) is 0 Å². The third-order valence-corrected chi connectivity index (χ3v) is 4.33. The minimum atomic E-state index is 0.307. The highest BCUT2D eigenvalue weighted by atomic mass is 16.2. The van der Waals surface area contributed by atoms with Crippen LogP contribution in [-0.4, -0.2) is 36.5 Å². The van der Waals surface area contributed by atoms with E-state index in [0.29, 0.717) is 18.4 Å². The number of amides is 1. The molecule has 1 unspecified atom stereocenters. The zero-order valence-corrected chi connectivity index (χ0v) is 13.4. The van der Waals surface area contributed by atoms with Crippen molar-refractivity contribution in [1.82, 2.24) is 10.2 Å². The molecule has 1 aromatic rings. The van der Waals surface area contributed by atoms with Crippen molar-refractivity contribution in [1.29, 1.82) is 0 Å². The second-order valence-electron chi connectivity index (χ2n) is 6.06. The summed E-state index contributed by atoms with van der Waals surface area (Å²) < 4.78 is 0. The third kappa shape index (κ3) is 4.85. The predicted octanol–water partition coefficient (Wildman–Crippen LogP) is 2.92. The molecule has 2 rings (SSSR count). The van der Waals surface area contributed by atoms with Crippen LogP contribution in [0.1, 0.15) is 43.7 Å². The molecule has 1 aromatic carbocycles. The number of piperidine rings is 1. The lowest BCUT2D eigenvalue weighted by Gasteiger charge is -2.33. The number of rotatable bonds is 6. The van der Waals surface area contributed by atoms with Crippen molar-refractivity contribution in [3.8, 4) is 0 Å². The van der Waals surface area contributed by atoms with E-state index in [4.69, 9.17) is 0 Å². The van der Waals surface area contributed by atoms with Crippen LogP contribution in [0.2, 0.25) is 0 Å². The van der Waals surface area contributed by atoms with E-state index in [1.54, 1.807) is 0 Å². The van der Waals surface area contributed by atoms with Gasteiger partial charge >= 0.3 is 0 Å². The van der Waals surface area contributed by atoms with Gasteiger partial charge in [-0.25, -0.2) is 0 Å². The summed E-state index contributed by atoms with van der Waals surface area (Å²) in [7, 11) is 0. The maximum absolute atomic E-state index is 12.4. The molecule has 0 saturated carbocycles. The molecule has 1 saturated heterocycles. The number of likely N-dealkylation sites (tertiary alicyclic amines) is 1. The molecule has 1 amide bonds. The van der Waals surface area contributed by atoms with Crippen molar-refractivity contribution >= 4 is 5.91 Å². The molecular formula is C18H28N2O. The zero-order chi connectivity index (χ0) is 15.1. The standard InChI is InChI=1S/C18H28N2O/c1-3-12-19-17-9-6-13-20(14-17)18(21)11-10-16-8-5-4-7-15(16)2/h4-5,7-8,17,19H,3,6,9-14H2,1-2H3. The Hall–Kier alpha value is -1.35. The number of carbonyl (C=O) groups is 1. The first-order valence-electron chi connectivity index (χ1n) is 8.26. The fraction of sp³-hybridized carbons (Fsp3) is 0.611. The number of hydrogen-bond donors (Lipinski definition) is 1. The number of carbonyl (C=O) groups excluding carboxylic acids is 1. The molecule has 21 heavy (non-hydrogen) atoms. The fourth-order valence-electron chi connectivity index (χ4n) is 3.01. The first-order valence-corrected chi connectivity index (χ1v) is 8.26. The smallest absolute Gasteiger partial charge is 0.222 e. The molecule has 3 heteroatoms. The molecule has 1 N–H and O–H groups in total. The first-order chi connectivity index (χ1) is 10.2. The highest BCUT2D eigenvalue weighted by molar-refractivity contribution is 5.76. The lowest BCUT2D eigenvalue weighted by molar-refractivity contribution is -0.132. The predicted molar refractivity (Wildman–Crippen MR) is 87.4 cm³/mol. The summed E-state index contributed by atoms with van der Waals surface area (Å²) in [6.07, 6.45) is 4.96. The van der Waals surface area contributed by atoms with Crippen LogP contribution in [0.15, 0.2) is 24.3 Å². The third-order valence-electron chi connectivity index (χ3n) is 4.33. The molecule has 1 fully saturated rings. The highest BCUT2D eigenvalue weighted by Crippen LogP contribution is 2.14. The summed E-state index contributed by atoms with van der Waals surface area (Å²) in [5.74, 6) is 0.307. The lowest BCUT2D eigenvalue weighted by atomic mass is 10.0. The van der Waals surface area contributed by atoms with Crippen LogP contribution in [0.4, 0.5) is 0 Å². The SMILES string of the molecule is CCCNC1CCCN(C(=O)CCc2ccccc2C)C1. The van der Waals surface area contributed by atoms with E-state index < -0.39 is 0 Å². The summed E-state index contributed by atoms with van der Waals surface area (Å²) in [5.41, 5.74) is 2.58. The average Bonchev–Trinajstić information content (AvgIpc) is 2.52. The van der Waals surface area contributed by atoms with Gasteiger partial charge in [-0.3, -0.25) is 4.79 Å². The Balaban J connectivity index is 1.81. The molecular weight excluding hydrogens is 260 g/mol. The monoisotopic (exact) mass is 288 g/mol. The van der Waals surface area contributed by atoms with Gasteiger partial charge in [-0.2, -0.15) is 0 Å². The van der Waals surface area contributed by atoms with Crippen molar-refractivity contribution in [3.05, 3.63) is 35.4 Å². The molecule has 0 bridgehead atoms. The van der Waals surface area contributed by atoms with Gasteiger partial charge in [0.05, 0.1) is 0 Å². The van der Waals surface area contributed by atoms with Crippen LogP contribution in [-0.2, 0) is 11.2 Å². The summed E-state index contributed by atoms with van der Waals surface area (Å²) >= 11 is 0. The van der Waals surface area contributed by atoms with Crippen LogP contribution >= 0.6 is 0 Å². The Bertz CT molecular complexity index is 458. The lowest BCUT2D eigenvalue weighted by Crippen LogP contribution is -2.48. The Morgan fingerprint density at radius 3 is 2.95 bits per heavy atom. The Morgan fingerprint density at radius 2 is 2.19 bits per heavy atom. The van der Waals surface area contributed by atoms with Gasteiger partial charge < -0.3 is 10.2 Å². The summed E-state index contributed by atoms with van der Waals surface area (Å²) in [5, 5.41) is 3.55. The van der Waals surface area contributed by atoms with E-state index >= 15 is 0 Å². The molecule has 1 atom stereocenters. The molecule has 0 spiro atoms. The zero-order valence-electron chi connectivity index (χ0n) is 13.4. The van der Waals surface area contributed by atoms with Crippen LogP contribution in [0.3, 0.4) is 0 Å². The molecule has 0 aromatic heterocycles. The summed E-state index contributed by atoms with van der Waals surface area (Å²) in [4.78, 5) is 14.5. The summed E-state index contributed by atoms with van der Waals surface area (Å²) in [6.45, 7) is 7.16. The van der Waals surface area contributed by atoms with Crippen molar-refractivity contribution in [2.24, 2.45) is 0 Å². The largest absolute Gasteiger partial charge is 0.341 e. The van der Waals surface area contributed by atoms with Crippen molar-refractivity contribution in [2.75, 3.05) is 19.6 Å². The molecule has 0 aliphatic carbocycles. The Morgan fingerprint density at radius 1 is 1.38 bits per heavy atom. The van der Waals surface area contributed by atoms with Gasteiger partial charge in [0.25, 0.3) is 0 Å². The highest BCUT2D eigenvalue weighted by Gasteiger charge is 2.22. The fourth-order valence-corrected chi connectivity index (χ4v) is 3.01. The number of nitrogens with one attached hydrogen (secondary N) is 1. The summed E-state index contributed by atoms with van der Waals surface area (Å²) in [6, 6.07) is 8.84. The van der Waals surface area contributed by atoms with Crippen LogP contribution in [0.25, 0.3) is 0 Å². The van der Waals surface area contributed by atoms with Gasteiger partial charge in [0.2, 0.25) is 5.91 Å². The number of hydrogen-bond acceptors (Lipinski definition) is 2. The van der Waals surface area contributed by atoms with Crippen LogP contribution < -0.4 is 5.32 Å². The first kappa shape index (κ1) is 16.0. The van der Waals surface area contributed by atoms with E-state index in [0.717, 1.165) is 38.9 Å². The minimum Gasteiger partial charge on any atom is -0.341 e. The van der Waals surface area contributed by atoms with E-state index in [9.17, 15) is 4.79 Å². The van der Waals surface area contributed by atoms with Gasteiger partial charge in [0.1, 0.15) is 0 Å². The topological polar surface area (TPSA) is 32.3 Å². The van der Waals surface area contributed by atoms with E-state index in [-0.39, 0.29) is 0 Å². The van der Waals surface area contributed by atoms with Gasteiger partial charge in [-0.1, -0.05) is 31.2 Å². The molecule has 1 aliphatic rings. The van der Waals surface area contributed by atoms with Crippen molar-refractivity contribution < 1.29 is 4.79 Å². The van der Waals surface area contributed by atoms with Crippen LogP contribution in [0.5, 0.6) is 0 Å². The van der Waals surface area contributed by atoms with Gasteiger partial charge in [-0.05, 0) is 50.3 Å². The second-order valence-corrected chi connectivity index (χ2v) is 6.06. The normalized spacial score (nSPS) is 18.8. The van der Waals surface area contributed by atoms with E-state index in [1.807, 2.05) is 0 Å². The average molecular weight is 288 g/mol. The van der Waals surface area contributed by atoms with E-state index in [1.165, 1.54) is 17.5 Å². The maximum Gasteiger partial charge on any atom is 0.222 e. The Kier molecular flexibility index (Phi) is 6.24. The minimum absolute atomic E-state index is 0.307. The number of nitrogens with zero attached hydrogens (tertiary/aromatic N) is 1. The molecule has 1 heterocycles. The quantitative estimate of drug-likeness (QED) is 0.873. The maximum atomic E-state index is 12.4. The molecule has 116 valence electrons. The number of aryl methyl sites for hydroxylation is 2. The Labute approximate surface area is 128 Å². The van der Waals surface area contributed by atoms with Gasteiger partial charge in [0, 0.05) is 25.6 Å². The molecule has 1 aliphatic heterocycles. The van der Waals surface area contributed by atoms with Gasteiger partial charge in [0.15, 0.2) is 0 Å². The van der Waals surface area contributed by atoms with E-state index in [2.05, 4.69) is 48.3 Å². The number of benzene rings is 1. The molecule has 3 nitrogen and oxygen atoms in total.